The zero-order chi connectivity index (χ0) is 21.1. The number of carbonyl (C=O) groups excluding carboxylic acids is 2. The summed E-state index contributed by atoms with van der Waals surface area (Å²) < 4.78 is 10.7. The molecule has 6 nitrogen and oxygen atoms in total. The highest BCUT2D eigenvalue weighted by atomic mass is 16.5. The van der Waals surface area contributed by atoms with Gasteiger partial charge in [0.15, 0.2) is 0 Å². The van der Waals surface area contributed by atoms with E-state index in [1.54, 1.807) is 55.6 Å². The molecule has 0 aliphatic carbocycles. The van der Waals surface area contributed by atoms with Gasteiger partial charge in [0.1, 0.15) is 5.75 Å². The molecule has 0 aromatic heterocycles. The average molecular weight is 399 g/mol. The van der Waals surface area contributed by atoms with Crippen molar-refractivity contribution in [2.24, 2.45) is 5.92 Å². The van der Waals surface area contributed by atoms with E-state index in [9.17, 15) is 9.59 Å². The number of methoxy groups -OCH3 is 1. The van der Waals surface area contributed by atoms with Crippen molar-refractivity contribution in [2.75, 3.05) is 32.2 Å². The van der Waals surface area contributed by atoms with Crippen molar-refractivity contribution in [3.63, 3.8) is 0 Å². The number of amides is 2. The highest BCUT2D eigenvalue weighted by Crippen LogP contribution is 2.18. The van der Waals surface area contributed by atoms with Gasteiger partial charge in [-0.3, -0.25) is 9.59 Å². The van der Waals surface area contributed by atoms with Crippen LogP contribution < -0.4 is 15.4 Å². The van der Waals surface area contributed by atoms with Gasteiger partial charge in [-0.15, -0.1) is 0 Å². The molecule has 156 valence electrons. The van der Waals surface area contributed by atoms with Gasteiger partial charge in [-0.1, -0.05) is 26.0 Å². The zero-order valence-corrected chi connectivity index (χ0v) is 17.4. The minimum Gasteiger partial charge on any atom is -0.494 e. The Morgan fingerprint density at radius 3 is 2.38 bits per heavy atom. The minimum atomic E-state index is -0.279. The van der Waals surface area contributed by atoms with Gasteiger partial charge in [-0.2, -0.15) is 0 Å². The molecule has 0 aliphatic rings. The van der Waals surface area contributed by atoms with Crippen molar-refractivity contribution < 1.29 is 19.1 Å². The van der Waals surface area contributed by atoms with E-state index < -0.39 is 0 Å². The second kappa shape index (κ2) is 11.9. The molecule has 0 fully saturated rings. The Labute approximate surface area is 172 Å². The van der Waals surface area contributed by atoms with Crippen LogP contribution in [-0.2, 0) is 4.74 Å². The normalized spacial score (nSPS) is 10.6. The molecule has 0 atom stereocenters. The lowest BCUT2D eigenvalue weighted by molar-refractivity contribution is 0.0949. The van der Waals surface area contributed by atoms with Gasteiger partial charge in [0.2, 0.25) is 0 Å². The molecule has 2 aromatic carbocycles. The third-order valence-corrected chi connectivity index (χ3v) is 4.31. The molecule has 0 bridgehead atoms. The fraction of sp³-hybridized carbons (Fsp3) is 0.391. The first-order valence-electron chi connectivity index (χ1n) is 9.91. The summed E-state index contributed by atoms with van der Waals surface area (Å²) in [6.07, 6.45) is 1.70. The van der Waals surface area contributed by atoms with Crippen LogP contribution in [-0.4, -0.2) is 38.7 Å². The Morgan fingerprint density at radius 2 is 1.69 bits per heavy atom. The Balaban J connectivity index is 1.97. The highest BCUT2D eigenvalue weighted by Gasteiger charge is 2.14. The van der Waals surface area contributed by atoms with Crippen LogP contribution >= 0.6 is 0 Å². The van der Waals surface area contributed by atoms with E-state index in [0.29, 0.717) is 42.5 Å². The van der Waals surface area contributed by atoms with Gasteiger partial charge in [0, 0.05) is 25.8 Å². The highest BCUT2D eigenvalue weighted by molar-refractivity contribution is 6.09. The maximum atomic E-state index is 12.6. The molecule has 2 N–H and O–H groups in total. The van der Waals surface area contributed by atoms with Crippen molar-refractivity contribution in [3.8, 4) is 5.75 Å². The maximum absolute atomic E-state index is 12.6. The molecule has 0 saturated heterocycles. The van der Waals surface area contributed by atoms with Crippen LogP contribution in [0.2, 0.25) is 0 Å². The molecule has 29 heavy (non-hydrogen) atoms. The predicted octanol–water partition coefficient (Wildman–Crippen LogP) is 4.13. The Hall–Kier alpha value is -2.86. The van der Waals surface area contributed by atoms with E-state index >= 15 is 0 Å². The molecular weight excluding hydrogens is 368 g/mol. The standard InChI is InChI=1S/C23H30N2O4/c1-17(2)13-16-29-19-11-9-18(10-12-19)22(26)25-21-8-5-4-7-20(21)23(27)24-14-6-15-28-3/h4-5,7-12,17H,6,13-16H2,1-3H3,(H,24,27)(H,25,26). The third-order valence-electron chi connectivity index (χ3n) is 4.31. The van der Waals surface area contributed by atoms with Gasteiger partial charge in [0.05, 0.1) is 17.9 Å². The Morgan fingerprint density at radius 1 is 0.966 bits per heavy atom. The number of benzene rings is 2. The number of nitrogens with one attached hydrogen (secondary N) is 2. The quantitative estimate of drug-likeness (QED) is 0.558. The molecule has 6 heteroatoms. The first-order chi connectivity index (χ1) is 14.0. The van der Waals surface area contributed by atoms with Crippen molar-refractivity contribution >= 4 is 17.5 Å². The molecular formula is C23H30N2O4. The molecule has 0 aliphatic heterocycles. The van der Waals surface area contributed by atoms with Gasteiger partial charge >= 0.3 is 0 Å². The number of hydrogen-bond donors (Lipinski definition) is 2. The first-order valence-corrected chi connectivity index (χ1v) is 9.91. The zero-order valence-electron chi connectivity index (χ0n) is 17.4. The largest absolute Gasteiger partial charge is 0.494 e. The molecule has 0 heterocycles. The van der Waals surface area contributed by atoms with E-state index in [0.717, 1.165) is 18.6 Å². The SMILES string of the molecule is COCCCNC(=O)c1ccccc1NC(=O)c1ccc(OCCC(C)C)cc1. The predicted molar refractivity (Wildman–Crippen MR) is 115 cm³/mol. The number of hydrogen-bond acceptors (Lipinski definition) is 4. The Kier molecular flexibility index (Phi) is 9.18. The molecule has 0 radical (unpaired) electrons. The summed E-state index contributed by atoms with van der Waals surface area (Å²) in [7, 11) is 1.62. The van der Waals surface area contributed by atoms with E-state index in [2.05, 4.69) is 24.5 Å². The summed E-state index contributed by atoms with van der Waals surface area (Å²) in [4.78, 5) is 25.0. The molecule has 2 aromatic rings. The fourth-order valence-electron chi connectivity index (χ4n) is 2.61. The van der Waals surface area contributed by atoms with Gasteiger partial charge in [-0.05, 0) is 55.2 Å². The van der Waals surface area contributed by atoms with Crippen LogP contribution in [0.1, 0.15) is 47.4 Å². The first kappa shape index (κ1) is 22.4. The van der Waals surface area contributed by atoms with Crippen LogP contribution in [0, 0.1) is 5.92 Å². The monoisotopic (exact) mass is 398 g/mol. The summed E-state index contributed by atoms with van der Waals surface area (Å²) in [5.74, 6) is 0.805. The smallest absolute Gasteiger partial charge is 0.255 e. The molecule has 0 saturated carbocycles. The van der Waals surface area contributed by atoms with E-state index in [1.807, 2.05) is 0 Å². The van der Waals surface area contributed by atoms with Crippen LogP contribution in [0.3, 0.4) is 0 Å². The summed E-state index contributed by atoms with van der Waals surface area (Å²) in [6.45, 7) is 6.03. The van der Waals surface area contributed by atoms with Crippen LogP contribution in [0.5, 0.6) is 5.75 Å². The second-order valence-corrected chi connectivity index (χ2v) is 7.16. The molecule has 2 rings (SSSR count). The maximum Gasteiger partial charge on any atom is 0.255 e. The molecule has 0 unspecified atom stereocenters. The van der Waals surface area contributed by atoms with Gasteiger partial charge in [0.25, 0.3) is 11.8 Å². The number of carbonyl (C=O) groups is 2. The number of rotatable bonds is 11. The topological polar surface area (TPSA) is 76.7 Å². The summed E-state index contributed by atoms with van der Waals surface area (Å²) >= 11 is 0. The minimum absolute atomic E-state index is 0.231. The van der Waals surface area contributed by atoms with Crippen LogP contribution in [0.4, 0.5) is 5.69 Å². The Bertz CT molecular complexity index is 788. The lowest BCUT2D eigenvalue weighted by Crippen LogP contribution is -2.26. The lowest BCUT2D eigenvalue weighted by atomic mass is 10.1. The summed E-state index contributed by atoms with van der Waals surface area (Å²) in [5.41, 5.74) is 1.39. The number of para-hydroxylation sites is 1. The number of anilines is 1. The van der Waals surface area contributed by atoms with E-state index in [4.69, 9.17) is 9.47 Å². The molecule has 0 spiro atoms. The van der Waals surface area contributed by atoms with Gasteiger partial charge in [-0.25, -0.2) is 0 Å². The van der Waals surface area contributed by atoms with Crippen molar-refractivity contribution in [1.29, 1.82) is 0 Å². The van der Waals surface area contributed by atoms with Crippen molar-refractivity contribution in [1.82, 2.24) is 5.32 Å². The van der Waals surface area contributed by atoms with Crippen molar-refractivity contribution in [2.45, 2.75) is 26.7 Å². The summed E-state index contributed by atoms with van der Waals surface area (Å²) in [6, 6.07) is 13.9. The second-order valence-electron chi connectivity index (χ2n) is 7.16. The van der Waals surface area contributed by atoms with E-state index in [1.165, 1.54) is 0 Å². The van der Waals surface area contributed by atoms with Crippen LogP contribution in [0.15, 0.2) is 48.5 Å². The third kappa shape index (κ3) is 7.58. The number of ether oxygens (including phenoxy) is 2. The molecule has 2 amide bonds. The lowest BCUT2D eigenvalue weighted by Gasteiger charge is -2.12. The average Bonchev–Trinajstić information content (AvgIpc) is 2.71. The fourth-order valence-corrected chi connectivity index (χ4v) is 2.61. The van der Waals surface area contributed by atoms with Gasteiger partial charge < -0.3 is 20.1 Å². The van der Waals surface area contributed by atoms with Crippen molar-refractivity contribution in [3.05, 3.63) is 59.7 Å². The van der Waals surface area contributed by atoms with Crippen LogP contribution in [0.25, 0.3) is 0 Å². The van der Waals surface area contributed by atoms with E-state index in [-0.39, 0.29) is 11.8 Å². The summed E-state index contributed by atoms with van der Waals surface area (Å²) in [5, 5.41) is 5.66.